The van der Waals surface area contributed by atoms with E-state index in [1.807, 2.05) is 30.0 Å². The topological polar surface area (TPSA) is 44.8 Å². The minimum atomic E-state index is 0.0687. The summed E-state index contributed by atoms with van der Waals surface area (Å²) in [6, 6.07) is 8.21. The van der Waals surface area contributed by atoms with E-state index in [1.54, 1.807) is 0 Å². The van der Waals surface area contributed by atoms with Crippen LogP contribution in [0.5, 0.6) is 5.75 Å². The number of carbonyl (C=O) groups is 1. The number of nitrogens with zero attached hydrogens (tertiary/aromatic N) is 2. The number of anilines is 1. The summed E-state index contributed by atoms with van der Waals surface area (Å²) in [5, 5.41) is 3.09. The first kappa shape index (κ1) is 18.6. The maximum atomic E-state index is 12.4. The van der Waals surface area contributed by atoms with Gasteiger partial charge in [-0.3, -0.25) is 0 Å². The molecule has 1 aliphatic heterocycles. The third-order valence-corrected chi connectivity index (χ3v) is 5.18. The molecular formula is C21H31N3O2. The van der Waals surface area contributed by atoms with Crippen molar-refractivity contribution in [2.45, 2.75) is 39.0 Å². The average molecular weight is 357 g/mol. The molecule has 3 rings (SSSR count). The number of nitrogens with one attached hydrogen (secondary N) is 1. The number of amides is 2. The van der Waals surface area contributed by atoms with Gasteiger partial charge in [0.15, 0.2) is 0 Å². The highest BCUT2D eigenvalue weighted by Gasteiger charge is 2.22. The summed E-state index contributed by atoms with van der Waals surface area (Å²) in [6.07, 6.45) is 8.36. The number of rotatable bonds is 6. The van der Waals surface area contributed by atoms with Crippen molar-refractivity contribution in [2.24, 2.45) is 0 Å². The van der Waals surface area contributed by atoms with Gasteiger partial charge in [-0.2, -0.15) is 0 Å². The largest absolute Gasteiger partial charge is 0.492 e. The van der Waals surface area contributed by atoms with E-state index in [4.69, 9.17) is 4.74 Å². The van der Waals surface area contributed by atoms with Crippen molar-refractivity contribution in [1.82, 2.24) is 10.2 Å². The van der Waals surface area contributed by atoms with E-state index in [2.05, 4.69) is 22.4 Å². The Morgan fingerprint density at radius 1 is 1.15 bits per heavy atom. The molecule has 0 atom stereocenters. The molecule has 1 aromatic carbocycles. The number of hydrogen-bond acceptors (Lipinski definition) is 3. The Kier molecular flexibility index (Phi) is 6.81. The molecular weight excluding hydrogens is 326 g/mol. The van der Waals surface area contributed by atoms with Crippen LogP contribution in [-0.4, -0.2) is 50.3 Å². The molecule has 1 saturated heterocycles. The van der Waals surface area contributed by atoms with Crippen LogP contribution in [0, 0.1) is 0 Å². The van der Waals surface area contributed by atoms with Gasteiger partial charge in [0.05, 0.1) is 12.3 Å². The fourth-order valence-electron chi connectivity index (χ4n) is 3.72. The Labute approximate surface area is 157 Å². The molecule has 0 spiro atoms. The van der Waals surface area contributed by atoms with E-state index in [1.165, 1.54) is 31.3 Å². The Hall–Kier alpha value is -2.17. The quantitative estimate of drug-likeness (QED) is 0.788. The fourth-order valence-corrected chi connectivity index (χ4v) is 3.72. The van der Waals surface area contributed by atoms with Crippen LogP contribution in [0.1, 0.15) is 39.0 Å². The maximum absolute atomic E-state index is 12.4. The lowest BCUT2D eigenvalue weighted by Crippen LogP contribution is -2.52. The highest BCUT2D eigenvalue weighted by molar-refractivity contribution is 5.74. The summed E-state index contributed by atoms with van der Waals surface area (Å²) < 4.78 is 5.74. The average Bonchev–Trinajstić information content (AvgIpc) is 2.70. The molecule has 1 aromatic rings. The van der Waals surface area contributed by atoms with Crippen LogP contribution < -0.4 is 15.0 Å². The molecule has 0 aromatic heterocycles. The van der Waals surface area contributed by atoms with Crippen LogP contribution >= 0.6 is 0 Å². The molecule has 142 valence electrons. The number of ether oxygens (including phenoxy) is 1. The third kappa shape index (κ3) is 4.93. The normalized spacial score (nSPS) is 17.7. The van der Waals surface area contributed by atoms with Crippen LogP contribution in [0.15, 0.2) is 35.9 Å². The third-order valence-electron chi connectivity index (χ3n) is 5.18. The number of urea groups is 1. The zero-order chi connectivity index (χ0) is 18.2. The summed E-state index contributed by atoms with van der Waals surface area (Å²) in [6.45, 7) is 6.57. The lowest BCUT2D eigenvalue weighted by Gasteiger charge is -2.36. The van der Waals surface area contributed by atoms with E-state index in [9.17, 15) is 4.79 Å². The second kappa shape index (κ2) is 9.51. The van der Waals surface area contributed by atoms with Gasteiger partial charge < -0.3 is 19.9 Å². The van der Waals surface area contributed by atoms with Crippen LogP contribution in [-0.2, 0) is 0 Å². The summed E-state index contributed by atoms with van der Waals surface area (Å²) in [7, 11) is 0. The lowest BCUT2D eigenvalue weighted by molar-refractivity contribution is 0.194. The van der Waals surface area contributed by atoms with Gasteiger partial charge in [-0.05, 0) is 51.2 Å². The van der Waals surface area contributed by atoms with E-state index in [-0.39, 0.29) is 6.03 Å². The Morgan fingerprint density at radius 2 is 1.96 bits per heavy atom. The predicted molar refractivity (Wildman–Crippen MR) is 106 cm³/mol. The number of para-hydroxylation sites is 2. The van der Waals surface area contributed by atoms with Crippen molar-refractivity contribution in [3.63, 3.8) is 0 Å². The number of allylic oxidation sites excluding steroid dienone is 1. The van der Waals surface area contributed by atoms with E-state index in [0.29, 0.717) is 6.61 Å². The molecule has 2 amide bonds. The molecule has 1 fully saturated rings. The fraction of sp³-hybridized carbons (Fsp3) is 0.571. The summed E-state index contributed by atoms with van der Waals surface area (Å²) in [4.78, 5) is 16.6. The molecule has 0 saturated carbocycles. The molecule has 1 N–H and O–H groups in total. The van der Waals surface area contributed by atoms with Crippen LogP contribution in [0.3, 0.4) is 0 Å². The summed E-state index contributed by atoms with van der Waals surface area (Å²) in [5.74, 6) is 0.925. The van der Waals surface area contributed by atoms with E-state index >= 15 is 0 Å². The SMILES string of the molecule is CCOc1ccccc1N1CCN(C(=O)NCCC2=CCCCC2)CC1. The molecule has 0 radical (unpaired) electrons. The van der Waals surface area contributed by atoms with Gasteiger partial charge in [-0.1, -0.05) is 23.8 Å². The minimum Gasteiger partial charge on any atom is -0.492 e. The van der Waals surface area contributed by atoms with E-state index in [0.717, 1.165) is 50.6 Å². The monoisotopic (exact) mass is 357 g/mol. The Balaban J connectivity index is 1.44. The smallest absolute Gasteiger partial charge is 0.317 e. The van der Waals surface area contributed by atoms with Gasteiger partial charge in [-0.15, -0.1) is 0 Å². The van der Waals surface area contributed by atoms with E-state index < -0.39 is 0 Å². The first-order valence-electron chi connectivity index (χ1n) is 9.95. The van der Waals surface area contributed by atoms with Gasteiger partial charge in [0, 0.05) is 32.7 Å². The standard InChI is InChI=1S/C21H31N3O2/c1-2-26-20-11-7-6-10-19(20)23-14-16-24(17-15-23)21(25)22-13-12-18-8-4-3-5-9-18/h6-8,10-11H,2-5,9,12-17H2,1H3,(H,22,25). The molecule has 0 bridgehead atoms. The molecule has 5 heteroatoms. The Morgan fingerprint density at radius 3 is 2.69 bits per heavy atom. The van der Waals surface area contributed by atoms with Crippen molar-refractivity contribution in [3.05, 3.63) is 35.9 Å². The second-order valence-corrected chi connectivity index (χ2v) is 6.96. The Bertz CT molecular complexity index is 621. The lowest BCUT2D eigenvalue weighted by atomic mass is 9.97. The number of carbonyl (C=O) groups excluding carboxylic acids is 1. The van der Waals surface area contributed by atoms with Gasteiger partial charge >= 0.3 is 6.03 Å². The van der Waals surface area contributed by atoms with Crippen LogP contribution in [0.4, 0.5) is 10.5 Å². The maximum Gasteiger partial charge on any atom is 0.317 e. The van der Waals surface area contributed by atoms with Gasteiger partial charge in [0.25, 0.3) is 0 Å². The minimum absolute atomic E-state index is 0.0687. The van der Waals surface area contributed by atoms with Crippen molar-refractivity contribution in [3.8, 4) is 5.75 Å². The van der Waals surface area contributed by atoms with Gasteiger partial charge in [0.1, 0.15) is 5.75 Å². The predicted octanol–water partition coefficient (Wildman–Crippen LogP) is 3.81. The number of benzene rings is 1. The molecule has 0 unspecified atom stereocenters. The van der Waals surface area contributed by atoms with Crippen molar-refractivity contribution < 1.29 is 9.53 Å². The number of piperazine rings is 1. The van der Waals surface area contributed by atoms with Crippen LogP contribution in [0.2, 0.25) is 0 Å². The summed E-state index contributed by atoms with van der Waals surface area (Å²) in [5.41, 5.74) is 2.63. The molecule has 5 nitrogen and oxygen atoms in total. The second-order valence-electron chi connectivity index (χ2n) is 6.96. The van der Waals surface area contributed by atoms with Crippen molar-refractivity contribution in [2.75, 3.05) is 44.2 Å². The van der Waals surface area contributed by atoms with Gasteiger partial charge in [-0.25, -0.2) is 4.79 Å². The highest BCUT2D eigenvalue weighted by atomic mass is 16.5. The molecule has 2 aliphatic rings. The van der Waals surface area contributed by atoms with Crippen molar-refractivity contribution in [1.29, 1.82) is 0 Å². The highest BCUT2D eigenvalue weighted by Crippen LogP contribution is 2.28. The zero-order valence-electron chi connectivity index (χ0n) is 15.9. The first-order valence-corrected chi connectivity index (χ1v) is 9.95. The van der Waals surface area contributed by atoms with Crippen LogP contribution in [0.25, 0.3) is 0 Å². The zero-order valence-corrected chi connectivity index (χ0v) is 15.9. The van der Waals surface area contributed by atoms with Crippen molar-refractivity contribution >= 4 is 11.7 Å². The number of hydrogen-bond donors (Lipinski definition) is 1. The van der Waals surface area contributed by atoms with Gasteiger partial charge in [0.2, 0.25) is 0 Å². The first-order chi connectivity index (χ1) is 12.8. The molecule has 1 aliphatic carbocycles. The summed E-state index contributed by atoms with van der Waals surface area (Å²) >= 11 is 0. The molecule has 1 heterocycles. The molecule has 26 heavy (non-hydrogen) atoms.